The summed E-state index contributed by atoms with van der Waals surface area (Å²) in [5, 5.41) is 2.64. The number of rotatable bonds is 9. The number of hydrogen-bond acceptors (Lipinski definition) is 5. The van der Waals surface area contributed by atoms with Crippen molar-refractivity contribution < 1.29 is 28.2 Å². The molecule has 0 atom stereocenters. The standard InChI is InChI=1S/C23H21FN2O5/c1-29-12-13-30-21-11-6-17(14-20(21)24)26-23(28)16-4-9-19(10-5-16)31-18-7-2-15(3-8-18)22(25)27/h2-11,14H,12-13H2,1H3,(H2,25,27)(H,26,28). The summed E-state index contributed by atoms with van der Waals surface area (Å²) in [5.74, 6) is -0.391. The van der Waals surface area contributed by atoms with E-state index in [0.717, 1.165) is 0 Å². The summed E-state index contributed by atoms with van der Waals surface area (Å²) in [6.45, 7) is 0.569. The second kappa shape index (κ2) is 10.2. The van der Waals surface area contributed by atoms with E-state index in [2.05, 4.69) is 5.32 Å². The summed E-state index contributed by atoms with van der Waals surface area (Å²) < 4.78 is 29.9. The normalized spacial score (nSPS) is 10.4. The highest BCUT2D eigenvalue weighted by molar-refractivity contribution is 6.04. The van der Waals surface area contributed by atoms with E-state index in [1.165, 1.54) is 19.2 Å². The van der Waals surface area contributed by atoms with Crippen LogP contribution in [0.1, 0.15) is 20.7 Å². The Balaban J connectivity index is 1.60. The van der Waals surface area contributed by atoms with Crippen LogP contribution in [0.2, 0.25) is 0 Å². The first-order chi connectivity index (χ1) is 15.0. The van der Waals surface area contributed by atoms with Gasteiger partial charge in [0.2, 0.25) is 5.91 Å². The van der Waals surface area contributed by atoms with Gasteiger partial charge in [-0.2, -0.15) is 0 Å². The van der Waals surface area contributed by atoms with Gasteiger partial charge in [0.1, 0.15) is 18.1 Å². The average Bonchev–Trinajstić information content (AvgIpc) is 2.76. The van der Waals surface area contributed by atoms with E-state index in [0.29, 0.717) is 34.9 Å². The fourth-order valence-corrected chi connectivity index (χ4v) is 2.63. The Hall–Kier alpha value is -3.91. The van der Waals surface area contributed by atoms with Gasteiger partial charge in [-0.15, -0.1) is 0 Å². The molecule has 3 N–H and O–H groups in total. The molecule has 8 heteroatoms. The van der Waals surface area contributed by atoms with Gasteiger partial charge in [-0.05, 0) is 60.7 Å². The maximum Gasteiger partial charge on any atom is 0.255 e. The number of anilines is 1. The maximum absolute atomic E-state index is 14.1. The number of carbonyl (C=O) groups is 2. The largest absolute Gasteiger partial charge is 0.488 e. The minimum Gasteiger partial charge on any atom is -0.488 e. The van der Waals surface area contributed by atoms with Gasteiger partial charge in [0.15, 0.2) is 11.6 Å². The van der Waals surface area contributed by atoms with Crippen molar-refractivity contribution >= 4 is 17.5 Å². The van der Waals surface area contributed by atoms with Crippen LogP contribution < -0.4 is 20.5 Å². The van der Waals surface area contributed by atoms with Crippen molar-refractivity contribution in [3.63, 3.8) is 0 Å². The fourth-order valence-electron chi connectivity index (χ4n) is 2.63. The smallest absolute Gasteiger partial charge is 0.255 e. The van der Waals surface area contributed by atoms with Crippen LogP contribution >= 0.6 is 0 Å². The SMILES string of the molecule is COCCOc1ccc(NC(=O)c2ccc(Oc3ccc(C(N)=O)cc3)cc2)cc1F. The van der Waals surface area contributed by atoms with Gasteiger partial charge in [-0.3, -0.25) is 9.59 Å². The third kappa shape index (κ3) is 6.03. The van der Waals surface area contributed by atoms with E-state index in [9.17, 15) is 14.0 Å². The number of carbonyl (C=O) groups excluding carboxylic acids is 2. The molecule has 3 rings (SSSR count). The molecule has 3 aromatic carbocycles. The molecule has 2 amide bonds. The first-order valence-electron chi connectivity index (χ1n) is 9.36. The molecule has 0 spiro atoms. The lowest BCUT2D eigenvalue weighted by atomic mass is 10.2. The second-order valence-electron chi connectivity index (χ2n) is 6.46. The summed E-state index contributed by atoms with van der Waals surface area (Å²) >= 11 is 0. The van der Waals surface area contributed by atoms with Crippen LogP contribution in [0, 0.1) is 5.82 Å². The molecule has 31 heavy (non-hydrogen) atoms. The lowest BCUT2D eigenvalue weighted by Gasteiger charge is -2.10. The van der Waals surface area contributed by atoms with Crippen LogP contribution in [0.25, 0.3) is 0 Å². The average molecular weight is 424 g/mol. The van der Waals surface area contributed by atoms with Crippen LogP contribution in [-0.4, -0.2) is 32.1 Å². The van der Waals surface area contributed by atoms with Gasteiger partial charge in [-0.25, -0.2) is 4.39 Å². The molecule has 0 heterocycles. The monoisotopic (exact) mass is 424 g/mol. The Morgan fingerprint density at radius 3 is 2.06 bits per heavy atom. The zero-order valence-electron chi connectivity index (χ0n) is 16.8. The van der Waals surface area contributed by atoms with E-state index in [1.807, 2.05) is 0 Å². The van der Waals surface area contributed by atoms with Crippen LogP contribution in [0.5, 0.6) is 17.2 Å². The van der Waals surface area contributed by atoms with Gasteiger partial charge in [0.05, 0.1) is 6.61 Å². The van der Waals surface area contributed by atoms with Gasteiger partial charge < -0.3 is 25.3 Å². The summed E-state index contributed by atoms with van der Waals surface area (Å²) in [4.78, 5) is 23.5. The van der Waals surface area contributed by atoms with Gasteiger partial charge in [0, 0.05) is 30.0 Å². The van der Waals surface area contributed by atoms with E-state index in [4.69, 9.17) is 19.9 Å². The molecular formula is C23H21FN2O5. The number of halogens is 1. The number of hydrogen-bond donors (Lipinski definition) is 2. The Morgan fingerprint density at radius 1 is 0.903 bits per heavy atom. The number of ether oxygens (including phenoxy) is 3. The molecule has 3 aromatic rings. The summed E-state index contributed by atoms with van der Waals surface area (Å²) in [6, 6.07) is 17.0. The van der Waals surface area contributed by atoms with Gasteiger partial charge >= 0.3 is 0 Å². The van der Waals surface area contributed by atoms with Crippen molar-refractivity contribution in [1.82, 2.24) is 0 Å². The Morgan fingerprint density at radius 2 is 1.52 bits per heavy atom. The molecular weight excluding hydrogens is 403 g/mol. The Labute approximate surface area is 178 Å². The minimum absolute atomic E-state index is 0.0837. The van der Waals surface area contributed by atoms with Crippen molar-refractivity contribution in [1.29, 1.82) is 0 Å². The second-order valence-corrected chi connectivity index (χ2v) is 6.46. The number of primary amides is 1. The third-order valence-corrected chi connectivity index (χ3v) is 4.23. The Kier molecular flexibility index (Phi) is 7.18. The van der Waals surface area contributed by atoms with Gasteiger partial charge in [0.25, 0.3) is 5.91 Å². The van der Waals surface area contributed by atoms with Crippen molar-refractivity contribution in [2.45, 2.75) is 0 Å². The molecule has 160 valence electrons. The molecule has 0 aliphatic heterocycles. The molecule has 0 aliphatic carbocycles. The third-order valence-electron chi connectivity index (χ3n) is 4.23. The van der Waals surface area contributed by atoms with Crippen LogP contribution in [0.3, 0.4) is 0 Å². The van der Waals surface area contributed by atoms with Gasteiger partial charge in [-0.1, -0.05) is 0 Å². The van der Waals surface area contributed by atoms with E-state index in [1.54, 1.807) is 54.6 Å². The van der Waals surface area contributed by atoms with Crippen molar-refractivity contribution in [2.24, 2.45) is 5.73 Å². The summed E-state index contributed by atoms with van der Waals surface area (Å²) in [5.41, 5.74) is 6.26. The molecule has 0 fully saturated rings. The number of amides is 2. The zero-order chi connectivity index (χ0) is 22.2. The molecule has 0 aliphatic rings. The highest BCUT2D eigenvalue weighted by Gasteiger charge is 2.10. The lowest BCUT2D eigenvalue weighted by molar-refractivity contribution is 0.0997. The minimum atomic E-state index is -0.583. The van der Waals surface area contributed by atoms with Crippen LogP contribution in [-0.2, 0) is 4.74 Å². The first kappa shape index (κ1) is 21.8. The predicted molar refractivity (Wildman–Crippen MR) is 113 cm³/mol. The van der Waals surface area contributed by atoms with E-state index in [-0.39, 0.29) is 12.4 Å². The molecule has 0 radical (unpaired) electrons. The van der Waals surface area contributed by atoms with Crippen molar-refractivity contribution in [2.75, 3.05) is 25.6 Å². The number of nitrogens with one attached hydrogen (secondary N) is 1. The first-order valence-corrected chi connectivity index (χ1v) is 9.36. The van der Waals surface area contributed by atoms with Crippen molar-refractivity contribution in [3.05, 3.63) is 83.7 Å². The molecule has 7 nitrogen and oxygen atoms in total. The number of methoxy groups -OCH3 is 1. The van der Waals surface area contributed by atoms with E-state index < -0.39 is 17.6 Å². The molecule has 0 saturated carbocycles. The molecule has 0 unspecified atom stereocenters. The van der Waals surface area contributed by atoms with Crippen molar-refractivity contribution in [3.8, 4) is 17.2 Å². The lowest BCUT2D eigenvalue weighted by Crippen LogP contribution is -2.12. The highest BCUT2D eigenvalue weighted by Crippen LogP contribution is 2.24. The zero-order valence-corrected chi connectivity index (χ0v) is 16.8. The maximum atomic E-state index is 14.1. The quantitative estimate of drug-likeness (QED) is 0.506. The molecule has 0 bridgehead atoms. The Bertz CT molecular complexity index is 1050. The predicted octanol–water partition coefficient (Wildman–Crippen LogP) is 3.99. The molecule has 0 saturated heterocycles. The van der Waals surface area contributed by atoms with Crippen LogP contribution in [0.4, 0.5) is 10.1 Å². The number of nitrogens with two attached hydrogens (primary N) is 1. The van der Waals surface area contributed by atoms with Crippen LogP contribution in [0.15, 0.2) is 66.7 Å². The summed E-state index contributed by atoms with van der Waals surface area (Å²) in [6.07, 6.45) is 0. The highest BCUT2D eigenvalue weighted by atomic mass is 19.1. The topological polar surface area (TPSA) is 99.9 Å². The summed E-state index contributed by atoms with van der Waals surface area (Å²) in [7, 11) is 1.53. The van der Waals surface area contributed by atoms with E-state index >= 15 is 0 Å². The molecule has 0 aromatic heterocycles. The fraction of sp³-hybridized carbons (Fsp3) is 0.130. The number of benzene rings is 3.